The van der Waals surface area contributed by atoms with Crippen molar-refractivity contribution >= 4 is 29.2 Å². The molecule has 0 fully saturated rings. The molecule has 0 atom stereocenters. The number of phenolic OH excluding ortho intramolecular Hbond substituents is 1. The number of aromatic hydroxyl groups is 1. The highest BCUT2D eigenvalue weighted by Crippen LogP contribution is 2.37. The summed E-state index contributed by atoms with van der Waals surface area (Å²) in [5.74, 6) is 0.719. The van der Waals surface area contributed by atoms with Gasteiger partial charge in [0.25, 0.3) is 0 Å². The van der Waals surface area contributed by atoms with Crippen LogP contribution in [0, 0.1) is 0 Å². The number of hydrogen-bond donors (Lipinski definition) is 2. The topological polar surface area (TPSA) is 93.3 Å². The van der Waals surface area contributed by atoms with E-state index in [0.717, 1.165) is 10.9 Å². The van der Waals surface area contributed by atoms with Crippen molar-refractivity contribution < 1.29 is 23.8 Å². The first-order valence-corrected chi connectivity index (χ1v) is 9.01. The predicted octanol–water partition coefficient (Wildman–Crippen LogP) is 4.10. The summed E-state index contributed by atoms with van der Waals surface area (Å²) in [6.45, 7) is 3.94. The standard InChI is InChI=1S/C22H20N2O5/c1-22(2)9-8-15-17(29-22)7-5-14-11-19(28-20(14)15)21(26)24-23-12-13-4-6-18(27-3)16(25)10-13/h4-12,25H,1-3H3,(H,24,26)/b23-12+. The Kier molecular flexibility index (Phi) is 4.50. The van der Waals surface area contributed by atoms with E-state index in [1.165, 1.54) is 19.4 Å². The van der Waals surface area contributed by atoms with Crippen molar-refractivity contribution in [2.45, 2.75) is 19.4 Å². The molecule has 2 heterocycles. The zero-order valence-corrected chi connectivity index (χ0v) is 16.2. The fourth-order valence-electron chi connectivity index (χ4n) is 3.07. The lowest BCUT2D eigenvalue weighted by Crippen LogP contribution is -2.27. The first kappa shape index (κ1) is 18.6. The minimum absolute atomic E-state index is 0.0108. The van der Waals surface area contributed by atoms with Crippen molar-refractivity contribution in [3.05, 3.63) is 59.4 Å². The number of nitrogens with one attached hydrogen (secondary N) is 1. The molecule has 7 nitrogen and oxygen atoms in total. The molecule has 0 spiro atoms. The van der Waals surface area contributed by atoms with Gasteiger partial charge < -0.3 is 19.0 Å². The third-order valence-corrected chi connectivity index (χ3v) is 4.52. The minimum Gasteiger partial charge on any atom is -0.504 e. The molecule has 148 valence electrons. The third kappa shape index (κ3) is 3.67. The van der Waals surface area contributed by atoms with Crippen LogP contribution in [0.25, 0.3) is 17.0 Å². The van der Waals surface area contributed by atoms with E-state index in [4.69, 9.17) is 13.9 Å². The van der Waals surface area contributed by atoms with Crippen molar-refractivity contribution in [3.63, 3.8) is 0 Å². The molecule has 1 aliphatic rings. The molecule has 1 aromatic heterocycles. The number of rotatable bonds is 4. The van der Waals surface area contributed by atoms with E-state index in [-0.39, 0.29) is 11.5 Å². The van der Waals surface area contributed by atoms with Gasteiger partial charge in [0.1, 0.15) is 16.9 Å². The Hall–Kier alpha value is -3.74. The van der Waals surface area contributed by atoms with Gasteiger partial charge in [-0.3, -0.25) is 4.79 Å². The van der Waals surface area contributed by atoms with E-state index in [0.29, 0.717) is 22.6 Å². The molecule has 0 saturated heterocycles. The monoisotopic (exact) mass is 392 g/mol. The van der Waals surface area contributed by atoms with Crippen LogP contribution in [0.5, 0.6) is 17.2 Å². The van der Waals surface area contributed by atoms with E-state index in [9.17, 15) is 9.90 Å². The maximum atomic E-state index is 12.4. The molecular formula is C22H20N2O5. The van der Waals surface area contributed by atoms with Crippen LogP contribution in [0.2, 0.25) is 0 Å². The zero-order valence-electron chi connectivity index (χ0n) is 16.2. The molecule has 2 N–H and O–H groups in total. The summed E-state index contributed by atoms with van der Waals surface area (Å²) in [6, 6.07) is 10.2. The molecule has 1 amide bonds. The smallest absolute Gasteiger partial charge is 0.307 e. The van der Waals surface area contributed by atoms with Crippen molar-refractivity contribution in [3.8, 4) is 17.2 Å². The average molecular weight is 392 g/mol. The molecule has 3 aromatic rings. The number of amides is 1. The van der Waals surface area contributed by atoms with Gasteiger partial charge in [-0.15, -0.1) is 0 Å². The van der Waals surface area contributed by atoms with Crippen LogP contribution in [0.1, 0.15) is 35.5 Å². The van der Waals surface area contributed by atoms with Gasteiger partial charge in [-0.1, -0.05) is 0 Å². The van der Waals surface area contributed by atoms with Crippen molar-refractivity contribution in [2.75, 3.05) is 7.11 Å². The first-order valence-electron chi connectivity index (χ1n) is 9.01. The number of fused-ring (bicyclic) bond motifs is 3. The minimum atomic E-state index is -0.482. The molecule has 2 aromatic carbocycles. The fourth-order valence-corrected chi connectivity index (χ4v) is 3.07. The summed E-state index contributed by atoms with van der Waals surface area (Å²) in [5, 5.41) is 14.5. The second-order valence-electron chi connectivity index (χ2n) is 7.18. The molecule has 4 rings (SSSR count). The highest BCUT2D eigenvalue weighted by atomic mass is 16.5. The maximum absolute atomic E-state index is 12.4. The van der Waals surface area contributed by atoms with E-state index in [2.05, 4.69) is 10.5 Å². The lowest BCUT2D eigenvalue weighted by Gasteiger charge is -2.27. The summed E-state index contributed by atoms with van der Waals surface area (Å²) in [4.78, 5) is 12.4. The van der Waals surface area contributed by atoms with Crippen LogP contribution in [-0.2, 0) is 0 Å². The highest BCUT2D eigenvalue weighted by Gasteiger charge is 2.24. The number of ether oxygens (including phenoxy) is 2. The zero-order chi connectivity index (χ0) is 20.6. The number of furan rings is 1. The molecule has 0 saturated carbocycles. The van der Waals surface area contributed by atoms with Gasteiger partial charge in [0.15, 0.2) is 17.3 Å². The second kappa shape index (κ2) is 7.01. The first-order chi connectivity index (χ1) is 13.9. The Bertz CT molecular complexity index is 1160. The van der Waals surface area contributed by atoms with Crippen LogP contribution in [0.15, 0.2) is 52.0 Å². The van der Waals surface area contributed by atoms with Gasteiger partial charge in [0.05, 0.1) is 18.9 Å². The van der Waals surface area contributed by atoms with Crippen molar-refractivity contribution in [1.29, 1.82) is 0 Å². The summed E-state index contributed by atoms with van der Waals surface area (Å²) in [5.41, 5.74) is 4.03. The van der Waals surface area contributed by atoms with Crippen LogP contribution in [-0.4, -0.2) is 29.9 Å². The van der Waals surface area contributed by atoms with Gasteiger partial charge in [-0.2, -0.15) is 5.10 Å². The Morgan fingerprint density at radius 1 is 1.24 bits per heavy atom. The second-order valence-corrected chi connectivity index (χ2v) is 7.18. The predicted molar refractivity (Wildman–Crippen MR) is 110 cm³/mol. The lowest BCUT2D eigenvalue weighted by atomic mass is 10.0. The summed E-state index contributed by atoms with van der Waals surface area (Å²) in [7, 11) is 1.47. The highest BCUT2D eigenvalue weighted by molar-refractivity contribution is 5.99. The van der Waals surface area contributed by atoms with Crippen molar-refractivity contribution in [1.82, 2.24) is 5.43 Å². The molecule has 0 unspecified atom stereocenters. The van der Waals surface area contributed by atoms with Crippen LogP contribution >= 0.6 is 0 Å². The molecule has 0 bridgehead atoms. The summed E-state index contributed by atoms with van der Waals surface area (Å²) >= 11 is 0. The quantitative estimate of drug-likeness (QED) is 0.515. The Balaban J connectivity index is 1.53. The Morgan fingerprint density at radius 3 is 2.83 bits per heavy atom. The van der Waals surface area contributed by atoms with Gasteiger partial charge >= 0.3 is 5.91 Å². The maximum Gasteiger partial charge on any atom is 0.307 e. The van der Waals surface area contributed by atoms with Crippen LogP contribution in [0.4, 0.5) is 0 Å². The van der Waals surface area contributed by atoms with Gasteiger partial charge in [0, 0.05) is 5.39 Å². The number of hydrazone groups is 1. The number of methoxy groups -OCH3 is 1. The van der Waals surface area contributed by atoms with Gasteiger partial charge in [-0.05, 0) is 68.0 Å². The van der Waals surface area contributed by atoms with Crippen LogP contribution < -0.4 is 14.9 Å². The summed E-state index contributed by atoms with van der Waals surface area (Å²) in [6.07, 6.45) is 5.31. The van der Waals surface area contributed by atoms with Gasteiger partial charge in [0.2, 0.25) is 0 Å². The van der Waals surface area contributed by atoms with Crippen molar-refractivity contribution in [2.24, 2.45) is 5.10 Å². The molecule has 0 radical (unpaired) electrons. The number of benzene rings is 2. The molecule has 1 aliphatic heterocycles. The Morgan fingerprint density at radius 2 is 2.07 bits per heavy atom. The number of carbonyl (C=O) groups is 1. The largest absolute Gasteiger partial charge is 0.504 e. The fraction of sp³-hybridized carbons (Fsp3) is 0.182. The van der Waals surface area contributed by atoms with Gasteiger partial charge in [-0.25, -0.2) is 5.43 Å². The normalized spacial score (nSPS) is 14.6. The number of nitrogens with zero attached hydrogens (tertiary/aromatic N) is 1. The SMILES string of the molecule is COc1ccc(/C=N/NC(=O)c2cc3ccc4c(c3o2)C=CC(C)(C)O4)cc1O. The molecule has 29 heavy (non-hydrogen) atoms. The van der Waals surface area contributed by atoms with E-state index >= 15 is 0 Å². The van der Waals surface area contributed by atoms with E-state index in [1.54, 1.807) is 18.2 Å². The van der Waals surface area contributed by atoms with E-state index < -0.39 is 11.5 Å². The molecule has 0 aliphatic carbocycles. The molecular weight excluding hydrogens is 372 g/mol. The van der Waals surface area contributed by atoms with E-state index in [1.807, 2.05) is 38.1 Å². The summed E-state index contributed by atoms with van der Waals surface area (Å²) < 4.78 is 16.7. The third-order valence-electron chi connectivity index (χ3n) is 4.52. The number of hydrogen-bond acceptors (Lipinski definition) is 6. The average Bonchev–Trinajstić information content (AvgIpc) is 3.12. The number of carbonyl (C=O) groups excluding carboxylic acids is 1. The molecule has 7 heteroatoms. The van der Waals surface area contributed by atoms with Crippen LogP contribution in [0.3, 0.4) is 0 Å². The Labute approximate surface area is 167 Å². The number of phenols is 1. The lowest BCUT2D eigenvalue weighted by molar-refractivity contribution is 0.0929.